The zero-order valence-corrected chi connectivity index (χ0v) is 13.8. The summed E-state index contributed by atoms with van der Waals surface area (Å²) in [7, 11) is 0. The molecule has 6 atom stereocenters. The molecule has 1 aliphatic heterocycles. The van der Waals surface area contributed by atoms with Crippen LogP contribution in [0.4, 0.5) is 0 Å². The zero-order chi connectivity index (χ0) is 17.4. The zero-order valence-electron chi connectivity index (χ0n) is 13.0. The van der Waals surface area contributed by atoms with E-state index in [0.29, 0.717) is 6.42 Å². The Morgan fingerprint density at radius 2 is 2.04 bits per heavy atom. The van der Waals surface area contributed by atoms with Crippen molar-refractivity contribution >= 4 is 17.7 Å². The molecule has 0 aliphatic carbocycles. The average molecular weight is 354 g/mol. The largest absolute Gasteiger partial charge is 0.394 e. The first kappa shape index (κ1) is 20.6. The van der Waals surface area contributed by atoms with Gasteiger partial charge in [-0.1, -0.05) is 0 Å². The van der Waals surface area contributed by atoms with Crippen molar-refractivity contribution in [2.24, 2.45) is 5.73 Å². The molecule has 136 valence electrons. The second kappa shape index (κ2) is 10.4. The van der Waals surface area contributed by atoms with Crippen LogP contribution in [-0.4, -0.2) is 94.8 Å². The van der Waals surface area contributed by atoms with E-state index in [4.69, 9.17) is 20.3 Å². The van der Waals surface area contributed by atoms with Crippen LogP contribution in [0.15, 0.2) is 0 Å². The molecule has 0 saturated carbocycles. The van der Waals surface area contributed by atoms with Crippen LogP contribution in [0.2, 0.25) is 0 Å². The van der Waals surface area contributed by atoms with E-state index in [2.05, 4.69) is 5.32 Å². The van der Waals surface area contributed by atoms with Crippen molar-refractivity contribution in [3.63, 3.8) is 0 Å². The lowest BCUT2D eigenvalue weighted by Crippen LogP contribution is -2.59. The Balaban J connectivity index is 2.30. The van der Waals surface area contributed by atoms with Gasteiger partial charge < -0.3 is 41.0 Å². The van der Waals surface area contributed by atoms with Gasteiger partial charge in [-0.15, -0.1) is 0 Å². The maximum absolute atomic E-state index is 11.7. The molecule has 0 aromatic carbocycles. The summed E-state index contributed by atoms with van der Waals surface area (Å²) >= 11 is 1.60. The van der Waals surface area contributed by atoms with E-state index >= 15 is 0 Å². The van der Waals surface area contributed by atoms with E-state index in [9.17, 15) is 20.1 Å². The Bertz CT molecular complexity index is 361. The van der Waals surface area contributed by atoms with Crippen molar-refractivity contribution < 1.29 is 34.7 Å². The number of hydrogen-bond acceptors (Lipinski definition) is 9. The summed E-state index contributed by atoms with van der Waals surface area (Å²) in [4.78, 5) is 11.7. The molecule has 23 heavy (non-hydrogen) atoms. The van der Waals surface area contributed by atoms with Gasteiger partial charge in [0.2, 0.25) is 5.91 Å². The minimum absolute atomic E-state index is 0.0175. The molecule has 0 spiro atoms. The molecule has 10 heteroatoms. The van der Waals surface area contributed by atoms with Crippen LogP contribution in [0, 0.1) is 0 Å². The maximum Gasteiger partial charge on any atom is 0.237 e. The van der Waals surface area contributed by atoms with Crippen molar-refractivity contribution in [3.05, 3.63) is 0 Å². The predicted octanol–water partition coefficient (Wildman–Crippen LogP) is -3.00. The fourth-order valence-corrected chi connectivity index (χ4v) is 2.55. The second-order valence-electron chi connectivity index (χ2n) is 5.25. The monoisotopic (exact) mass is 354 g/mol. The summed E-state index contributed by atoms with van der Waals surface area (Å²) in [6, 6.07) is -0.588. The third kappa shape index (κ3) is 6.16. The van der Waals surface area contributed by atoms with Crippen molar-refractivity contribution in [2.75, 3.05) is 31.8 Å². The lowest BCUT2D eigenvalue weighted by molar-refractivity contribution is -0.300. The SMILES string of the molecule is CSCCC(N)C(=O)NCCO[C@H]1O[C@H](CO)[C@@H](O)[C@H](O)[C@@H]1O. The van der Waals surface area contributed by atoms with E-state index in [1.807, 2.05) is 6.26 Å². The molecule has 1 saturated heterocycles. The molecule has 0 radical (unpaired) electrons. The third-order valence-corrected chi connectivity index (χ3v) is 4.15. The Hall–Kier alpha value is -0.460. The molecule has 1 heterocycles. The van der Waals surface area contributed by atoms with E-state index < -0.39 is 43.4 Å². The highest BCUT2D eigenvalue weighted by Gasteiger charge is 2.43. The van der Waals surface area contributed by atoms with Crippen LogP contribution in [0.3, 0.4) is 0 Å². The number of carbonyl (C=O) groups excluding carboxylic acids is 1. The first-order valence-electron chi connectivity index (χ1n) is 7.36. The molecule has 1 unspecified atom stereocenters. The van der Waals surface area contributed by atoms with Crippen molar-refractivity contribution in [1.29, 1.82) is 0 Å². The highest BCUT2D eigenvalue weighted by atomic mass is 32.2. The number of aliphatic hydroxyl groups excluding tert-OH is 4. The molecule has 1 rings (SSSR count). The van der Waals surface area contributed by atoms with Gasteiger partial charge in [0, 0.05) is 6.54 Å². The fraction of sp³-hybridized carbons (Fsp3) is 0.923. The van der Waals surface area contributed by atoms with Gasteiger partial charge >= 0.3 is 0 Å². The fourth-order valence-electron chi connectivity index (χ4n) is 2.06. The van der Waals surface area contributed by atoms with Gasteiger partial charge in [-0.25, -0.2) is 0 Å². The highest BCUT2D eigenvalue weighted by Crippen LogP contribution is 2.21. The van der Waals surface area contributed by atoms with Gasteiger partial charge in [-0.3, -0.25) is 4.79 Å². The van der Waals surface area contributed by atoms with Crippen LogP contribution in [0.25, 0.3) is 0 Å². The minimum atomic E-state index is -1.49. The minimum Gasteiger partial charge on any atom is -0.394 e. The summed E-state index contributed by atoms with van der Waals surface area (Å²) in [6.45, 7) is -0.351. The molecule has 7 N–H and O–H groups in total. The smallest absolute Gasteiger partial charge is 0.237 e. The molecule has 0 aromatic heterocycles. The molecule has 1 amide bonds. The van der Waals surface area contributed by atoms with Crippen LogP contribution in [0.1, 0.15) is 6.42 Å². The van der Waals surface area contributed by atoms with Crippen molar-refractivity contribution in [2.45, 2.75) is 43.2 Å². The molecule has 1 fully saturated rings. The normalized spacial score (nSPS) is 32.5. The Labute approximate surface area is 139 Å². The average Bonchev–Trinajstić information content (AvgIpc) is 2.55. The van der Waals surface area contributed by atoms with Crippen molar-refractivity contribution in [3.8, 4) is 0 Å². The Kier molecular flexibility index (Phi) is 9.32. The molecule has 0 bridgehead atoms. The topological polar surface area (TPSA) is 154 Å². The number of thioether (sulfide) groups is 1. The van der Waals surface area contributed by atoms with E-state index in [0.717, 1.165) is 5.75 Å². The van der Waals surface area contributed by atoms with Gasteiger partial charge in [0.05, 0.1) is 19.3 Å². The number of carbonyl (C=O) groups is 1. The Morgan fingerprint density at radius 3 is 2.65 bits per heavy atom. The van der Waals surface area contributed by atoms with E-state index in [-0.39, 0.29) is 19.1 Å². The molecule has 1 aliphatic rings. The van der Waals surface area contributed by atoms with Crippen LogP contribution in [0.5, 0.6) is 0 Å². The number of ether oxygens (including phenoxy) is 2. The molecule has 0 aromatic rings. The summed E-state index contributed by atoms with van der Waals surface area (Å²) in [5, 5.41) is 40.6. The molecule has 9 nitrogen and oxygen atoms in total. The quantitative estimate of drug-likeness (QED) is 0.238. The number of hydrogen-bond donors (Lipinski definition) is 6. The Morgan fingerprint density at radius 1 is 1.35 bits per heavy atom. The molecular weight excluding hydrogens is 328 g/mol. The summed E-state index contributed by atoms with van der Waals surface area (Å²) < 4.78 is 10.4. The standard InChI is InChI=1S/C13H26N2O7S/c1-23-5-2-7(14)12(20)15-3-4-21-13-11(19)10(18)9(17)8(6-16)22-13/h7-11,13,16-19H,2-6,14H2,1H3,(H,15,20)/t7?,8-,9-,10+,11+,13+/m1/s1. The first-order chi connectivity index (χ1) is 10.9. The summed E-state index contributed by atoms with van der Waals surface area (Å²) in [5.74, 6) is 0.493. The third-order valence-electron chi connectivity index (χ3n) is 3.50. The van der Waals surface area contributed by atoms with Gasteiger partial charge in [0.15, 0.2) is 6.29 Å². The van der Waals surface area contributed by atoms with Gasteiger partial charge in [-0.2, -0.15) is 11.8 Å². The van der Waals surface area contributed by atoms with E-state index in [1.165, 1.54) is 0 Å². The maximum atomic E-state index is 11.7. The van der Waals surface area contributed by atoms with Crippen LogP contribution < -0.4 is 11.1 Å². The number of nitrogens with one attached hydrogen (secondary N) is 1. The number of aliphatic hydroxyl groups is 4. The molecular formula is C13H26N2O7S. The van der Waals surface area contributed by atoms with Gasteiger partial charge in [0.25, 0.3) is 0 Å². The summed E-state index contributed by atoms with van der Waals surface area (Å²) in [6.07, 6.45) is -4.09. The van der Waals surface area contributed by atoms with E-state index in [1.54, 1.807) is 11.8 Å². The van der Waals surface area contributed by atoms with Crippen LogP contribution in [-0.2, 0) is 14.3 Å². The van der Waals surface area contributed by atoms with Gasteiger partial charge in [-0.05, 0) is 18.4 Å². The van der Waals surface area contributed by atoms with Crippen molar-refractivity contribution in [1.82, 2.24) is 5.32 Å². The lowest BCUT2D eigenvalue weighted by Gasteiger charge is -2.39. The van der Waals surface area contributed by atoms with Gasteiger partial charge in [0.1, 0.15) is 24.4 Å². The number of rotatable bonds is 9. The predicted molar refractivity (Wildman–Crippen MR) is 83.7 cm³/mol. The first-order valence-corrected chi connectivity index (χ1v) is 8.76. The lowest BCUT2D eigenvalue weighted by atomic mass is 9.99. The second-order valence-corrected chi connectivity index (χ2v) is 6.23. The number of amides is 1. The number of nitrogens with two attached hydrogens (primary N) is 1. The van der Waals surface area contributed by atoms with Crippen LogP contribution >= 0.6 is 11.8 Å². The summed E-state index contributed by atoms with van der Waals surface area (Å²) in [5.41, 5.74) is 5.70. The highest BCUT2D eigenvalue weighted by molar-refractivity contribution is 7.98.